The maximum atomic E-state index is 12.5. The first-order valence-corrected chi connectivity index (χ1v) is 7.59. The van der Waals surface area contributed by atoms with E-state index >= 15 is 0 Å². The maximum Gasteiger partial charge on any atom is 0.248 e. The molecule has 112 valence electrons. The lowest BCUT2D eigenvalue weighted by Crippen LogP contribution is -2.34. The van der Waals surface area contributed by atoms with Crippen LogP contribution in [0.15, 0.2) is 18.2 Å². The summed E-state index contributed by atoms with van der Waals surface area (Å²) in [6, 6.07) is 5.37. The number of carbonyl (C=O) groups is 2. The van der Waals surface area contributed by atoms with Crippen LogP contribution in [-0.2, 0) is 11.2 Å². The van der Waals surface area contributed by atoms with Gasteiger partial charge in [-0.3, -0.25) is 9.59 Å². The van der Waals surface area contributed by atoms with Crippen molar-refractivity contribution in [2.45, 2.75) is 25.7 Å². The van der Waals surface area contributed by atoms with Crippen LogP contribution in [0.1, 0.15) is 35.2 Å². The van der Waals surface area contributed by atoms with Gasteiger partial charge in [0.15, 0.2) is 0 Å². The Morgan fingerprint density at radius 3 is 2.76 bits per heavy atom. The van der Waals surface area contributed by atoms with Crippen molar-refractivity contribution in [1.29, 1.82) is 0 Å². The van der Waals surface area contributed by atoms with Gasteiger partial charge in [-0.25, -0.2) is 0 Å². The Hall–Kier alpha value is -1.88. The molecule has 1 aromatic carbocycles. The molecule has 21 heavy (non-hydrogen) atoms. The fraction of sp³-hybridized carbons (Fsp3) is 0.500. The molecule has 0 aliphatic carbocycles. The molecule has 0 aromatic heterocycles. The van der Waals surface area contributed by atoms with Crippen LogP contribution in [0.5, 0.6) is 0 Å². The van der Waals surface area contributed by atoms with Gasteiger partial charge in [-0.05, 0) is 62.0 Å². The van der Waals surface area contributed by atoms with Gasteiger partial charge >= 0.3 is 0 Å². The Labute approximate surface area is 124 Å². The lowest BCUT2D eigenvalue weighted by molar-refractivity contribution is -0.119. The van der Waals surface area contributed by atoms with E-state index in [0.717, 1.165) is 43.6 Å². The molecule has 2 amide bonds. The molecule has 5 heteroatoms. The van der Waals surface area contributed by atoms with E-state index in [4.69, 9.17) is 5.73 Å². The van der Waals surface area contributed by atoms with E-state index in [1.165, 1.54) is 0 Å². The minimum Gasteiger partial charge on any atom is -0.366 e. The third-order valence-electron chi connectivity index (χ3n) is 4.48. The zero-order valence-corrected chi connectivity index (χ0v) is 12.1. The number of primary amides is 1. The molecule has 0 unspecified atom stereocenters. The number of hydrogen-bond donors (Lipinski definition) is 2. The topological polar surface area (TPSA) is 75.4 Å². The standard InChI is InChI=1S/C16H21N3O2/c17-16(21)13-1-2-14-12(10-13)5-8-19(14)15(20)9-11-3-6-18-7-4-11/h1-2,10-11,18H,3-9H2,(H2,17,21). The number of rotatable bonds is 3. The second-order valence-electron chi connectivity index (χ2n) is 5.90. The molecule has 3 N–H and O–H groups in total. The molecule has 0 radical (unpaired) electrons. The number of amides is 2. The highest BCUT2D eigenvalue weighted by Gasteiger charge is 2.27. The summed E-state index contributed by atoms with van der Waals surface area (Å²) in [6.07, 6.45) is 3.58. The number of piperidine rings is 1. The number of carbonyl (C=O) groups excluding carboxylic acids is 2. The van der Waals surface area contributed by atoms with Crippen molar-refractivity contribution < 1.29 is 9.59 Å². The van der Waals surface area contributed by atoms with Crippen LogP contribution in [0.2, 0.25) is 0 Å². The van der Waals surface area contributed by atoms with Crippen molar-refractivity contribution in [2.24, 2.45) is 11.7 Å². The monoisotopic (exact) mass is 287 g/mol. The summed E-state index contributed by atoms with van der Waals surface area (Å²) in [4.78, 5) is 25.6. The van der Waals surface area contributed by atoms with Gasteiger partial charge in [0.25, 0.3) is 0 Å². The second-order valence-corrected chi connectivity index (χ2v) is 5.90. The first-order chi connectivity index (χ1) is 10.1. The molecule has 1 saturated heterocycles. The Morgan fingerprint density at radius 1 is 1.29 bits per heavy atom. The number of nitrogens with two attached hydrogens (primary N) is 1. The highest BCUT2D eigenvalue weighted by molar-refractivity contribution is 5.98. The van der Waals surface area contributed by atoms with Crippen molar-refractivity contribution in [3.63, 3.8) is 0 Å². The highest BCUT2D eigenvalue weighted by Crippen LogP contribution is 2.30. The molecule has 0 saturated carbocycles. The highest BCUT2D eigenvalue weighted by atomic mass is 16.2. The average molecular weight is 287 g/mol. The van der Waals surface area contributed by atoms with Gasteiger partial charge in [0.05, 0.1) is 0 Å². The summed E-state index contributed by atoms with van der Waals surface area (Å²) in [6.45, 7) is 2.73. The molecule has 0 atom stereocenters. The number of nitrogens with zero attached hydrogens (tertiary/aromatic N) is 1. The van der Waals surface area contributed by atoms with Crippen LogP contribution in [0.3, 0.4) is 0 Å². The summed E-state index contributed by atoms with van der Waals surface area (Å²) in [5.74, 6) is 0.275. The fourth-order valence-electron chi connectivity index (χ4n) is 3.26. The Morgan fingerprint density at radius 2 is 2.05 bits per heavy atom. The molecule has 2 heterocycles. The average Bonchev–Trinajstić information content (AvgIpc) is 2.91. The maximum absolute atomic E-state index is 12.5. The van der Waals surface area contributed by atoms with E-state index in [1.54, 1.807) is 6.07 Å². The number of hydrogen-bond acceptors (Lipinski definition) is 3. The summed E-state index contributed by atoms with van der Waals surface area (Å²) in [5, 5.41) is 3.32. The minimum atomic E-state index is -0.419. The minimum absolute atomic E-state index is 0.201. The number of anilines is 1. The van der Waals surface area contributed by atoms with E-state index in [9.17, 15) is 9.59 Å². The van der Waals surface area contributed by atoms with Gasteiger partial charge in [-0.15, -0.1) is 0 Å². The van der Waals surface area contributed by atoms with Crippen molar-refractivity contribution in [3.8, 4) is 0 Å². The molecule has 5 nitrogen and oxygen atoms in total. The number of fused-ring (bicyclic) bond motifs is 1. The van der Waals surface area contributed by atoms with Crippen molar-refractivity contribution in [2.75, 3.05) is 24.5 Å². The SMILES string of the molecule is NC(=O)c1ccc2c(c1)CCN2C(=O)CC1CCNCC1. The first-order valence-electron chi connectivity index (χ1n) is 7.59. The van der Waals surface area contributed by atoms with E-state index in [1.807, 2.05) is 17.0 Å². The van der Waals surface area contributed by atoms with Gasteiger partial charge in [0.1, 0.15) is 0 Å². The summed E-state index contributed by atoms with van der Waals surface area (Å²) >= 11 is 0. The summed E-state index contributed by atoms with van der Waals surface area (Å²) in [7, 11) is 0. The van der Waals surface area contributed by atoms with Crippen LogP contribution in [-0.4, -0.2) is 31.4 Å². The normalized spacial score (nSPS) is 18.6. The molecule has 2 aliphatic rings. The lowest BCUT2D eigenvalue weighted by Gasteiger charge is -2.25. The van der Waals surface area contributed by atoms with E-state index in [2.05, 4.69) is 5.32 Å². The predicted octanol–water partition coefficient (Wildman–Crippen LogP) is 1.06. The molecule has 3 rings (SSSR count). The molecule has 0 spiro atoms. The van der Waals surface area contributed by atoms with Gasteiger partial charge in [-0.1, -0.05) is 0 Å². The van der Waals surface area contributed by atoms with Crippen LogP contribution in [0, 0.1) is 5.92 Å². The zero-order chi connectivity index (χ0) is 14.8. The summed E-state index contributed by atoms with van der Waals surface area (Å²) < 4.78 is 0. The van der Waals surface area contributed by atoms with Crippen LogP contribution >= 0.6 is 0 Å². The Bertz CT molecular complexity index is 565. The Kier molecular flexibility index (Phi) is 3.92. The molecule has 2 aliphatic heterocycles. The molecule has 1 fully saturated rings. The summed E-state index contributed by atoms with van der Waals surface area (Å²) in [5.41, 5.74) is 7.81. The van der Waals surface area contributed by atoms with E-state index in [-0.39, 0.29) is 5.91 Å². The largest absolute Gasteiger partial charge is 0.366 e. The number of benzene rings is 1. The van der Waals surface area contributed by atoms with Crippen molar-refractivity contribution >= 4 is 17.5 Å². The smallest absolute Gasteiger partial charge is 0.248 e. The van der Waals surface area contributed by atoms with Crippen LogP contribution in [0.4, 0.5) is 5.69 Å². The van der Waals surface area contributed by atoms with Gasteiger partial charge in [0, 0.05) is 24.2 Å². The number of nitrogens with one attached hydrogen (secondary N) is 1. The second kappa shape index (κ2) is 5.85. The zero-order valence-electron chi connectivity index (χ0n) is 12.1. The van der Waals surface area contributed by atoms with Gasteiger partial charge in [-0.2, -0.15) is 0 Å². The third-order valence-corrected chi connectivity index (χ3v) is 4.48. The quantitative estimate of drug-likeness (QED) is 0.873. The molecular formula is C16H21N3O2. The van der Waals surface area contributed by atoms with Crippen molar-refractivity contribution in [1.82, 2.24) is 5.32 Å². The van der Waals surface area contributed by atoms with Crippen LogP contribution in [0.25, 0.3) is 0 Å². The lowest BCUT2D eigenvalue weighted by atomic mass is 9.94. The predicted molar refractivity (Wildman–Crippen MR) is 81.2 cm³/mol. The molecular weight excluding hydrogens is 266 g/mol. The fourth-order valence-corrected chi connectivity index (χ4v) is 3.26. The van der Waals surface area contributed by atoms with Gasteiger partial charge in [0.2, 0.25) is 11.8 Å². The first kappa shape index (κ1) is 14.1. The third kappa shape index (κ3) is 2.93. The Balaban J connectivity index is 1.71. The van der Waals surface area contributed by atoms with Crippen LogP contribution < -0.4 is 16.0 Å². The van der Waals surface area contributed by atoms with E-state index < -0.39 is 5.91 Å². The molecule has 1 aromatic rings. The van der Waals surface area contributed by atoms with E-state index in [0.29, 0.717) is 24.4 Å². The van der Waals surface area contributed by atoms with Gasteiger partial charge < -0.3 is 16.0 Å². The van der Waals surface area contributed by atoms with Crippen molar-refractivity contribution in [3.05, 3.63) is 29.3 Å². The molecule has 0 bridgehead atoms.